The van der Waals surface area contributed by atoms with E-state index in [1.807, 2.05) is 0 Å². The van der Waals surface area contributed by atoms with Gasteiger partial charge in [0.1, 0.15) is 6.04 Å². The lowest BCUT2D eigenvalue weighted by atomic mass is 10.2. The molecule has 0 radical (unpaired) electrons. The maximum Gasteiger partial charge on any atom is 0.320 e. The number of hydrogen-bond donors (Lipinski definition) is 1. The summed E-state index contributed by atoms with van der Waals surface area (Å²) < 4.78 is 0. The van der Waals surface area contributed by atoms with Gasteiger partial charge in [-0.15, -0.1) is 0 Å². The van der Waals surface area contributed by atoms with Crippen molar-refractivity contribution in [1.29, 1.82) is 0 Å². The molecule has 3 nitrogen and oxygen atoms in total. The van der Waals surface area contributed by atoms with Gasteiger partial charge in [-0.2, -0.15) is 0 Å². The average molecular weight is 171 g/mol. The summed E-state index contributed by atoms with van der Waals surface area (Å²) in [6, 6.07) is 0.509. The Balaban J connectivity index is 2.70. The largest absolute Gasteiger partial charge is 0.480 e. The minimum atomic E-state index is -0.673. The van der Waals surface area contributed by atoms with Crippen LogP contribution in [0.1, 0.15) is 33.6 Å². The molecule has 0 aromatic carbocycles. The number of likely N-dealkylation sites (tertiary alicyclic amines) is 1. The van der Waals surface area contributed by atoms with Crippen molar-refractivity contribution in [3.05, 3.63) is 0 Å². The Hall–Kier alpha value is -0.570. The molecule has 0 amide bonds. The fourth-order valence-corrected chi connectivity index (χ4v) is 2.12. The maximum absolute atomic E-state index is 10.8. The molecule has 0 saturated carbocycles. The molecule has 1 aliphatic rings. The molecule has 0 bridgehead atoms. The monoisotopic (exact) mass is 171 g/mol. The Kier molecular flexibility index (Phi) is 2.73. The summed E-state index contributed by atoms with van der Waals surface area (Å²) in [5, 5.41) is 8.91. The lowest BCUT2D eigenvalue weighted by molar-refractivity contribution is -0.143. The standard InChI is InChI=1S/C9H17NO2/c1-6(2)10-7(3)4-5-8(10)9(11)12/h6-8H,4-5H2,1-3H3,(H,11,12). The molecule has 2 unspecified atom stereocenters. The van der Waals surface area contributed by atoms with Crippen molar-refractivity contribution < 1.29 is 9.90 Å². The number of carbonyl (C=O) groups is 1. The zero-order valence-electron chi connectivity index (χ0n) is 7.95. The van der Waals surface area contributed by atoms with Gasteiger partial charge in [-0.05, 0) is 33.6 Å². The summed E-state index contributed by atoms with van der Waals surface area (Å²) in [6.07, 6.45) is 1.81. The maximum atomic E-state index is 10.8. The van der Waals surface area contributed by atoms with Gasteiger partial charge in [0.05, 0.1) is 0 Å². The molecule has 1 saturated heterocycles. The molecule has 0 aromatic rings. The van der Waals surface area contributed by atoms with Crippen LogP contribution in [0.3, 0.4) is 0 Å². The van der Waals surface area contributed by atoms with E-state index in [9.17, 15) is 4.79 Å². The summed E-state index contributed by atoms with van der Waals surface area (Å²) in [5.74, 6) is -0.673. The first-order valence-electron chi connectivity index (χ1n) is 4.54. The summed E-state index contributed by atoms with van der Waals surface area (Å²) in [4.78, 5) is 12.9. The number of aliphatic carboxylic acids is 1. The van der Waals surface area contributed by atoms with Crippen LogP contribution in [0.4, 0.5) is 0 Å². The summed E-state index contributed by atoms with van der Waals surface area (Å²) >= 11 is 0. The van der Waals surface area contributed by atoms with Gasteiger partial charge in [-0.1, -0.05) is 0 Å². The first kappa shape index (κ1) is 9.52. The zero-order chi connectivity index (χ0) is 9.30. The van der Waals surface area contributed by atoms with Gasteiger partial charge in [-0.25, -0.2) is 0 Å². The van der Waals surface area contributed by atoms with Gasteiger partial charge in [0.15, 0.2) is 0 Å². The van der Waals surface area contributed by atoms with Gasteiger partial charge in [0.25, 0.3) is 0 Å². The average Bonchev–Trinajstić information content (AvgIpc) is 2.30. The fraction of sp³-hybridized carbons (Fsp3) is 0.889. The molecular formula is C9H17NO2. The molecular weight excluding hydrogens is 154 g/mol. The Bertz CT molecular complexity index is 179. The second kappa shape index (κ2) is 3.44. The molecule has 1 heterocycles. The molecule has 3 heteroatoms. The first-order chi connectivity index (χ1) is 5.54. The summed E-state index contributed by atoms with van der Waals surface area (Å²) in [5.41, 5.74) is 0. The topological polar surface area (TPSA) is 40.5 Å². The lowest BCUT2D eigenvalue weighted by Crippen LogP contribution is -2.43. The highest BCUT2D eigenvalue weighted by atomic mass is 16.4. The van der Waals surface area contributed by atoms with Gasteiger partial charge >= 0.3 is 5.97 Å². The normalized spacial score (nSPS) is 31.3. The third-order valence-corrected chi connectivity index (χ3v) is 2.61. The SMILES string of the molecule is CC(C)N1C(C)CCC1C(=O)O. The van der Waals surface area contributed by atoms with E-state index in [0.29, 0.717) is 12.1 Å². The van der Waals surface area contributed by atoms with Crippen LogP contribution in [0.25, 0.3) is 0 Å². The molecule has 1 aliphatic heterocycles. The van der Waals surface area contributed by atoms with Crippen LogP contribution in [-0.4, -0.2) is 34.1 Å². The quantitative estimate of drug-likeness (QED) is 0.681. The van der Waals surface area contributed by atoms with E-state index in [2.05, 4.69) is 25.7 Å². The Morgan fingerprint density at radius 1 is 1.50 bits per heavy atom. The number of carboxylic acid groups (broad SMARTS) is 1. The van der Waals surface area contributed by atoms with E-state index in [4.69, 9.17) is 5.11 Å². The third kappa shape index (κ3) is 1.61. The lowest BCUT2D eigenvalue weighted by Gasteiger charge is -2.29. The van der Waals surface area contributed by atoms with Crippen LogP contribution >= 0.6 is 0 Å². The smallest absolute Gasteiger partial charge is 0.320 e. The fourth-order valence-electron chi connectivity index (χ4n) is 2.12. The number of rotatable bonds is 2. The highest BCUT2D eigenvalue weighted by Crippen LogP contribution is 2.26. The molecule has 0 aliphatic carbocycles. The minimum absolute atomic E-state index is 0.250. The second-order valence-electron chi connectivity index (χ2n) is 3.82. The predicted molar refractivity (Wildman–Crippen MR) is 47.1 cm³/mol. The van der Waals surface area contributed by atoms with E-state index in [1.54, 1.807) is 0 Å². The highest BCUT2D eigenvalue weighted by Gasteiger charge is 2.36. The third-order valence-electron chi connectivity index (χ3n) is 2.61. The molecule has 2 atom stereocenters. The van der Waals surface area contributed by atoms with Crippen molar-refractivity contribution in [3.8, 4) is 0 Å². The second-order valence-corrected chi connectivity index (χ2v) is 3.82. The van der Waals surface area contributed by atoms with E-state index >= 15 is 0 Å². The van der Waals surface area contributed by atoms with Crippen molar-refractivity contribution in [2.75, 3.05) is 0 Å². The summed E-state index contributed by atoms with van der Waals surface area (Å²) in [7, 11) is 0. The molecule has 70 valence electrons. The Morgan fingerprint density at radius 2 is 2.08 bits per heavy atom. The van der Waals surface area contributed by atoms with Crippen molar-refractivity contribution in [3.63, 3.8) is 0 Å². The van der Waals surface area contributed by atoms with Gasteiger partial charge in [0.2, 0.25) is 0 Å². The number of nitrogens with zero attached hydrogens (tertiary/aromatic N) is 1. The Labute approximate surface area is 73.4 Å². The summed E-state index contributed by atoms with van der Waals surface area (Å²) in [6.45, 7) is 6.21. The van der Waals surface area contributed by atoms with Crippen molar-refractivity contribution in [1.82, 2.24) is 4.90 Å². The van der Waals surface area contributed by atoms with Crippen LogP contribution in [-0.2, 0) is 4.79 Å². The molecule has 1 N–H and O–H groups in total. The van der Waals surface area contributed by atoms with Crippen LogP contribution < -0.4 is 0 Å². The van der Waals surface area contributed by atoms with E-state index in [1.165, 1.54) is 0 Å². The zero-order valence-corrected chi connectivity index (χ0v) is 7.95. The molecule has 0 spiro atoms. The minimum Gasteiger partial charge on any atom is -0.480 e. The van der Waals surface area contributed by atoms with Crippen LogP contribution in [0.2, 0.25) is 0 Å². The highest BCUT2D eigenvalue weighted by molar-refractivity contribution is 5.74. The van der Waals surface area contributed by atoms with Crippen LogP contribution in [0.15, 0.2) is 0 Å². The molecule has 0 aromatic heterocycles. The van der Waals surface area contributed by atoms with Gasteiger partial charge in [0, 0.05) is 12.1 Å². The molecule has 1 rings (SSSR count). The van der Waals surface area contributed by atoms with E-state index in [0.717, 1.165) is 12.8 Å². The number of carboxylic acids is 1. The van der Waals surface area contributed by atoms with Crippen LogP contribution in [0, 0.1) is 0 Å². The van der Waals surface area contributed by atoms with Crippen LogP contribution in [0.5, 0.6) is 0 Å². The van der Waals surface area contributed by atoms with Crippen molar-refractivity contribution in [2.45, 2.75) is 51.7 Å². The Morgan fingerprint density at radius 3 is 2.42 bits per heavy atom. The van der Waals surface area contributed by atoms with E-state index < -0.39 is 5.97 Å². The molecule has 12 heavy (non-hydrogen) atoms. The van der Waals surface area contributed by atoms with Gasteiger partial charge < -0.3 is 5.11 Å². The first-order valence-corrected chi connectivity index (χ1v) is 4.54. The molecule has 1 fully saturated rings. The van der Waals surface area contributed by atoms with Gasteiger partial charge in [-0.3, -0.25) is 9.69 Å². The number of hydrogen-bond acceptors (Lipinski definition) is 2. The van der Waals surface area contributed by atoms with Crippen molar-refractivity contribution >= 4 is 5.97 Å². The predicted octanol–water partition coefficient (Wildman–Crippen LogP) is 1.33. The van der Waals surface area contributed by atoms with E-state index in [-0.39, 0.29) is 6.04 Å². The van der Waals surface area contributed by atoms with Crippen molar-refractivity contribution in [2.24, 2.45) is 0 Å².